The lowest BCUT2D eigenvalue weighted by atomic mass is 9.81. The fourth-order valence-electron chi connectivity index (χ4n) is 2.45. The van der Waals surface area contributed by atoms with Crippen molar-refractivity contribution in [3.05, 3.63) is 0 Å². The Morgan fingerprint density at radius 2 is 1.78 bits per heavy atom. The quantitative estimate of drug-likeness (QED) is 0.814. The van der Waals surface area contributed by atoms with E-state index in [1.54, 1.807) is 0 Å². The number of aliphatic hydroxyl groups excluding tert-OH is 1. The van der Waals surface area contributed by atoms with Gasteiger partial charge in [0.15, 0.2) is 0 Å². The third-order valence-corrected chi connectivity index (χ3v) is 3.44. The van der Waals surface area contributed by atoms with E-state index in [0.717, 1.165) is 19.3 Å². The number of nitrogens with one attached hydrogen (secondary N) is 1. The van der Waals surface area contributed by atoms with E-state index in [1.807, 2.05) is 20.8 Å². The Labute approximate surface area is 110 Å². The van der Waals surface area contributed by atoms with Crippen molar-refractivity contribution in [2.24, 2.45) is 11.8 Å². The lowest BCUT2D eigenvalue weighted by Gasteiger charge is -2.28. The molecule has 1 rings (SSSR count). The van der Waals surface area contributed by atoms with Crippen molar-refractivity contribution in [3.63, 3.8) is 0 Å². The van der Waals surface area contributed by atoms with Crippen LogP contribution in [0.15, 0.2) is 0 Å². The number of ether oxygens (including phenoxy) is 1. The van der Waals surface area contributed by atoms with E-state index in [1.165, 1.54) is 12.8 Å². The molecule has 0 aromatic heterocycles. The summed E-state index contributed by atoms with van der Waals surface area (Å²) in [7, 11) is 0. The van der Waals surface area contributed by atoms with Crippen LogP contribution in [0.4, 0.5) is 4.79 Å². The summed E-state index contributed by atoms with van der Waals surface area (Å²) >= 11 is 0. The Morgan fingerprint density at radius 3 is 2.28 bits per heavy atom. The minimum absolute atomic E-state index is 0.297. The summed E-state index contributed by atoms with van der Waals surface area (Å²) in [5.74, 6) is 1.24. The highest BCUT2D eigenvalue weighted by Gasteiger charge is 2.22. The molecule has 0 aliphatic heterocycles. The maximum atomic E-state index is 11.5. The molecule has 0 atom stereocenters. The highest BCUT2D eigenvalue weighted by molar-refractivity contribution is 5.67. The molecule has 1 aliphatic rings. The number of aliphatic hydroxyl groups is 1. The van der Waals surface area contributed by atoms with E-state index in [0.29, 0.717) is 25.0 Å². The number of carbonyl (C=O) groups is 1. The van der Waals surface area contributed by atoms with Crippen LogP contribution < -0.4 is 5.32 Å². The summed E-state index contributed by atoms with van der Waals surface area (Å²) < 4.78 is 5.21. The van der Waals surface area contributed by atoms with E-state index >= 15 is 0 Å². The van der Waals surface area contributed by atoms with Crippen molar-refractivity contribution in [2.45, 2.75) is 58.5 Å². The zero-order valence-electron chi connectivity index (χ0n) is 11.9. The topological polar surface area (TPSA) is 58.6 Å². The first-order valence-electron chi connectivity index (χ1n) is 6.98. The second-order valence-corrected chi connectivity index (χ2v) is 6.28. The molecule has 4 nitrogen and oxygen atoms in total. The van der Waals surface area contributed by atoms with Gasteiger partial charge in [-0.1, -0.05) is 12.8 Å². The highest BCUT2D eigenvalue weighted by atomic mass is 16.6. The molecule has 0 saturated heterocycles. The first kappa shape index (κ1) is 15.3. The molecule has 0 aromatic carbocycles. The summed E-state index contributed by atoms with van der Waals surface area (Å²) in [6.45, 7) is 6.61. The van der Waals surface area contributed by atoms with Gasteiger partial charge in [0.25, 0.3) is 0 Å². The Bertz CT molecular complexity index is 252. The molecule has 0 heterocycles. The van der Waals surface area contributed by atoms with Crippen LogP contribution in [0.3, 0.4) is 0 Å². The zero-order chi connectivity index (χ0) is 13.6. The fourth-order valence-corrected chi connectivity index (χ4v) is 2.45. The van der Waals surface area contributed by atoms with Crippen LogP contribution in [-0.4, -0.2) is 30.0 Å². The van der Waals surface area contributed by atoms with Crippen LogP contribution in [0.25, 0.3) is 0 Å². The molecule has 0 unspecified atom stereocenters. The lowest BCUT2D eigenvalue weighted by molar-refractivity contribution is 0.0513. The summed E-state index contributed by atoms with van der Waals surface area (Å²) in [5.41, 5.74) is -0.428. The molecule has 4 heteroatoms. The van der Waals surface area contributed by atoms with Crippen molar-refractivity contribution >= 4 is 6.09 Å². The van der Waals surface area contributed by atoms with Gasteiger partial charge in [-0.2, -0.15) is 0 Å². The molecular formula is C14H27NO3. The average Bonchev–Trinajstić information content (AvgIpc) is 2.26. The molecular weight excluding hydrogens is 230 g/mol. The molecule has 2 N–H and O–H groups in total. The fraction of sp³-hybridized carbons (Fsp3) is 0.929. The molecule has 1 fully saturated rings. The van der Waals surface area contributed by atoms with Gasteiger partial charge in [-0.25, -0.2) is 4.79 Å². The monoisotopic (exact) mass is 257 g/mol. The predicted molar refractivity (Wildman–Crippen MR) is 71.4 cm³/mol. The van der Waals surface area contributed by atoms with Crippen LogP contribution in [0.1, 0.15) is 52.9 Å². The van der Waals surface area contributed by atoms with E-state index in [2.05, 4.69) is 5.32 Å². The van der Waals surface area contributed by atoms with E-state index < -0.39 is 5.60 Å². The number of amides is 1. The van der Waals surface area contributed by atoms with Crippen molar-refractivity contribution in [2.75, 3.05) is 13.2 Å². The molecule has 0 radical (unpaired) electrons. The van der Waals surface area contributed by atoms with Crippen molar-refractivity contribution < 1.29 is 14.6 Å². The number of carbonyl (C=O) groups excluding carboxylic acids is 1. The average molecular weight is 257 g/mol. The molecule has 0 spiro atoms. The largest absolute Gasteiger partial charge is 0.444 e. The van der Waals surface area contributed by atoms with Gasteiger partial charge >= 0.3 is 6.09 Å². The SMILES string of the molecule is CC(C)(C)OC(=O)NCC1CCC(CCO)CC1. The predicted octanol–water partition coefficient (Wildman–Crippen LogP) is 2.70. The molecule has 1 aliphatic carbocycles. The second kappa shape index (κ2) is 6.98. The third-order valence-electron chi connectivity index (χ3n) is 3.44. The van der Waals surface area contributed by atoms with E-state index in [-0.39, 0.29) is 6.09 Å². The Balaban J connectivity index is 2.16. The van der Waals surface area contributed by atoms with Gasteiger partial charge in [0, 0.05) is 13.2 Å². The molecule has 0 aromatic rings. The first-order valence-corrected chi connectivity index (χ1v) is 6.98. The maximum Gasteiger partial charge on any atom is 0.407 e. The molecule has 0 bridgehead atoms. The number of hydrogen-bond acceptors (Lipinski definition) is 3. The van der Waals surface area contributed by atoms with Gasteiger partial charge < -0.3 is 15.2 Å². The summed E-state index contributed by atoms with van der Waals surface area (Å²) in [6.07, 6.45) is 5.22. The van der Waals surface area contributed by atoms with Gasteiger partial charge in [0.2, 0.25) is 0 Å². The van der Waals surface area contributed by atoms with Crippen LogP contribution in [0.5, 0.6) is 0 Å². The lowest BCUT2D eigenvalue weighted by Crippen LogP contribution is -2.36. The molecule has 1 saturated carbocycles. The Hall–Kier alpha value is -0.770. The second-order valence-electron chi connectivity index (χ2n) is 6.28. The Kier molecular flexibility index (Phi) is 5.93. The first-order chi connectivity index (χ1) is 8.40. The normalized spacial score (nSPS) is 24.7. The van der Waals surface area contributed by atoms with Crippen molar-refractivity contribution in [3.8, 4) is 0 Å². The molecule has 106 valence electrons. The molecule has 18 heavy (non-hydrogen) atoms. The van der Waals surface area contributed by atoms with Gasteiger partial charge in [-0.05, 0) is 51.9 Å². The smallest absolute Gasteiger partial charge is 0.407 e. The minimum Gasteiger partial charge on any atom is -0.444 e. The summed E-state index contributed by atoms with van der Waals surface area (Å²) in [6, 6.07) is 0. The number of rotatable bonds is 4. The highest BCUT2D eigenvalue weighted by Crippen LogP contribution is 2.30. The van der Waals surface area contributed by atoms with Crippen molar-refractivity contribution in [1.82, 2.24) is 5.32 Å². The number of hydrogen-bond donors (Lipinski definition) is 2. The molecule has 1 amide bonds. The van der Waals surface area contributed by atoms with Gasteiger partial charge in [-0.3, -0.25) is 0 Å². The minimum atomic E-state index is -0.428. The van der Waals surface area contributed by atoms with Crippen LogP contribution in [0, 0.1) is 11.8 Å². The summed E-state index contributed by atoms with van der Waals surface area (Å²) in [5, 5.41) is 11.7. The maximum absolute atomic E-state index is 11.5. The Morgan fingerprint density at radius 1 is 1.22 bits per heavy atom. The standard InChI is InChI=1S/C14H27NO3/c1-14(2,3)18-13(17)15-10-12-6-4-11(5-7-12)8-9-16/h11-12,16H,4-10H2,1-3H3,(H,15,17). The van der Waals surface area contributed by atoms with Crippen molar-refractivity contribution in [1.29, 1.82) is 0 Å². The third kappa shape index (κ3) is 6.24. The van der Waals surface area contributed by atoms with Gasteiger partial charge in [0.05, 0.1) is 0 Å². The van der Waals surface area contributed by atoms with Crippen LogP contribution in [-0.2, 0) is 4.74 Å². The van der Waals surface area contributed by atoms with Gasteiger partial charge in [-0.15, -0.1) is 0 Å². The number of alkyl carbamates (subject to hydrolysis) is 1. The van der Waals surface area contributed by atoms with Gasteiger partial charge in [0.1, 0.15) is 5.60 Å². The van der Waals surface area contributed by atoms with E-state index in [9.17, 15) is 4.79 Å². The van der Waals surface area contributed by atoms with E-state index in [4.69, 9.17) is 9.84 Å². The van der Waals surface area contributed by atoms with Crippen LogP contribution >= 0.6 is 0 Å². The van der Waals surface area contributed by atoms with Crippen LogP contribution in [0.2, 0.25) is 0 Å². The summed E-state index contributed by atoms with van der Waals surface area (Å²) in [4.78, 5) is 11.5. The zero-order valence-corrected chi connectivity index (χ0v) is 11.9.